The Morgan fingerprint density at radius 2 is 1.48 bits per heavy atom. The largest absolute Gasteiger partial charge is 0.497 e. The molecule has 0 N–H and O–H groups in total. The summed E-state index contributed by atoms with van der Waals surface area (Å²) < 4.78 is 48.7. The molecule has 148 valence electrons. The van der Waals surface area contributed by atoms with Crippen molar-refractivity contribution in [1.29, 1.82) is 0 Å². The maximum atomic E-state index is 13.1. The molecule has 0 spiro atoms. The molecule has 7 nitrogen and oxygen atoms in total. The molecule has 0 aromatic heterocycles. The molecule has 0 atom stereocenters. The lowest BCUT2D eigenvalue weighted by atomic mass is 10.2. The fourth-order valence-corrected chi connectivity index (χ4v) is 4.65. The predicted octanol–water partition coefficient (Wildman–Crippen LogP) is 3.30. The molecule has 27 heavy (non-hydrogen) atoms. The number of sulfonamides is 1. The summed E-state index contributed by atoms with van der Waals surface area (Å²) in [6, 6.07) is 8.23. The molecule has 0 radical (unpaired) electrons. The van der Waals surface area contributed by atoms with Crippen molar-refractivity contribution in [3.8, 4) is 23.0 Å². The van der Waals surface area contributed by atoms with Gasteiger partial charge in [-0.2, -0.15) is 4.31 Å². The quantitative estimate of drug-likeness (QED) is 0.602. The normalized spacial score (nSPS) is 11.4. The summed E-state index contributed by atoms with van der Waals surface area (Å²) in [6.07, 6.45) is 0. The van der Waals surface area contributed by atoms with Gasteiger partial charge >= 0.3 is 0 Å². The summed E-state index contributed by atoms with van der Waals surface area (Å²) in [5.74, 6) is 1.93. The molecule has 0 amide bonds. The maximum Gasteiger partial charge on any atom is 0.244 e. The lowest BCUT2D eigenvalue weighted by Crippen LogP contribution is -2.27. The van der Waals surface area contributed by atoms with E-state index in [1.54, 1.807) is 31.4 Å². The fourth-order valence-electron chi connectivity index (χ4n) is 2.51. The summed E-state index contributed by atoms with van der Waals surface area (Å²) in [5, 5.41) is 0. The van der Waals surface area contributed by atoms with E-state index in [-0.39, 0.29) is 11.4 Å². The predicted molar refractivity (Wildman–Crippen MR) is 105 cm³/mol. The highest BCUT2D eigenvalue weighted by Gasteiger charge is 2.26. The van der Waals surface area contributed by atoms with Crippen molar-refractivity contribution < 1.29 is 27.4 Å². The van der Waals surface area contributed by atoms with Gasteiger partial charge in [0.15, 0.2) is 11.5 Å². The van der Waals surface area contributed by atoms with Crippen LogP contribution in [0.4, 0.5) is 0 Å². The second-order valence-electron chi connectivity index (χ2n) is 5.58. The number of hydrogen-bond acceptors (Lipinski definition) is 6. The summed E-state index contributed by atoms with van der Waals surface area (Å²) in [6.45, 7) is 0.121. The second kappa shape index (κ2) is 8.81. The van der Waals surface area contributed by atoms with Gasteiger partial charge in [-0.15, -0.1) is 0 Å². The van der Waals surface area contributed by atoms with Crippen LogP contribution < -0.4 is 18.9 Å². The fraction of sp³-hybridized carbons (Fsp3) is 0.333. The third-order valence-electron chi connectivity index (χ3n) is 4.01. The molecule has 0 unspecified atom stereocenters. The molecular formula is C18H22BrNO6S. The molecule has 0 saturated heterocycles. The molecular weight excluding hydrogens is 438 g/mol. The lowest BCUT2D eigenvalue weighted by Gasteiger charge is -2.20. The topological polar surface area (TPSA) is 74.3 Å². The van der Waals surface area contributed by atoms with Crippen molar-refractivity contribution in [1.82, 2.24) is 4.31 Å². The van der Waals surface area contributed by atoms with Gasteiger partial charge in [0.25, 0.3) is 0 Å². The molecule has 0 saturated carbocycles. The molecule has 0 bridgehead atoms. The van der Waals surface area contributed by atoms with Gasteiger partial charge in [-0.1, -0.05) is 6.07 Å². The third-order valence-corrected chi connectivity index (χ3v) is 6.78. The van der Waals surface area contributed by atoms with E-state index in [4.69, 9.17) is 18.9 Å². The average Bonchev–Trinajstić information content (AvgIpc) is 2.67. The van der Waals surface area contributed by atoms with Gasteiger partial charge in [0.2, 0.25) is 10.0 Å². The molecule has 0 fully saturated rings. The zero-order valence-corrected chi connectivity index (χ0v) is 18.2. The summed E-state index contributed by atoms with van der Waals surface area (Å²) >= 11 is 3.31. The highest BCUT2D eigenvalue weighted by atomic mass is 79.9. The third kappa shape index (κ3) is 4.48. The Hall–Kier alpha value is -1.97. The first kappa shape index (κ1) is 21.3. The van der Waals surface area contributed by atoms with Crippen molar-refractivity contribution in [2.75, 3.05) is 35.5 Å². The van der Waals surface area contributed by atoms with Crippen molar-refractivity contribution >= 4 is 26.0 Å². The zero-order valence-electron chi connectivity index (χ0n) is 15.8. The number of ether oxygens (including phenoxy) is 4. The monoisotopic (exact) mass is 459 g/mol. The van der Waals surface area contributed by atoms with Gasteiger partial charge in [-0.05, 0) is 28.1 Å². The van der Waals surface area contributed by atoms with Crippen LogP contribution in [0.25, 0.3) is 0 Å². The standard InChI is InChI=1S/C18H22BrNO6S/c1-20(11-12-6-7-13(23-2)8-15(12)24-3)27(21,22)18-10-17(26-5)16(25-4)9-14(18)19/h6-10H,11H2,1-5H3. The van der Waals surface area contributed by atoms with Gasteiger partial charge in [-0.3, -0.25) is 0 Å². The first-order valence-corrected chi connectivity index (χ1v) is 10.1. The van der Waals surface area contributed by atoms with Crippen LogP contribution in [0.3, 0.4) is 0 Å². The highest BCUT2D eigenvalue weighted by Crippen LogP contribution is 2.37. The Morgan fingerprint density at radius 3 is 2.04 bits per heavy atom. The number of nitrogens with zero attached hydrogens (tertiary/aromatic N) is 1. The summed E-state index contributed by atoms with van der Waals surface area (Å²) in [4.78, 5) is 0.0788. The van der Waals surface area contributed by atoms with Crippen molar-refractivity contribution in [3.63, 3.8) is 0 Å². The minimum absolute atomic E-state index is 0.0788. The van der Waals surface area contributed by atoms with Gasteiger partial charge in [0.1, 0.15) is 16.4 Å². The Morgan fingerprint density at radius 1 is 0.889 bits per heavy atom. The molecule has 0 aliphatic heterocycles. The number of hydrogen-bond donors (Lipinski definition) is 0. The highest BCUT2D eigenvalue weighted by molar-refractivity contribution is 9.10. The van der Waals surface area contributed by atoms with E-state index in [0.29, 0.717) is 33.0 Å². The number of rotatable bonds is 8. The molecule has 0 aliphatic carbocycles. The number of methoxy groups -OCH3 is 4. The Balaban J connectivity index is 2.40. The summed E-state index contributed by atoms with van der Waals surface area (Å²) in [5.41, 5.74) is 0.709. The van der Waals surface area contributed by atoms with E-state index >= 15 is 0 Å². The van der Waals surface area contributed by atoms with Crippen LogP contribution in [0.2, 0.25) is 0 Å². The number of benzene rings is 2. The van der Waals surface area contributed by atoms with Gasteiger partial charge in [-0.25, -0.2) is 8.42 Å². The van der Waals surface area contributed by atoms with E-state index in [9.17, 15) is 8.42 Å². The smallest absolute Gasteiger partial charge is 0.244 e. The Bertz CT molecular complexity index is 916. The average molecular weight is 460 g/mol. The van der Waals surface area contributed by atoms with Gasteiger partial charge < -0.3 is 18.9 Å². The molecule has 2 rings (SSSR count). The van der Waals surface area contributed by atoms with E-state index in [0.717, 1.165) is 0 Å². The van der Waals surface area contributed by atoms with Crippen LogP contribution in [-0.2, 0) is 16.6 Å². The van der Waals surface area contributed by atoms with Gasteiger partial charge in [0.05, 0.1) is 28.4 Å². The van der Waals surface area contributed by atoms with E-state index in [2.05, 4.69) is 15.9 Å². The first-order valence-electron chi connectivity index (χ1n) is 7.87. The maximum absolute atomic E-state index is 13.1. The molecule has 2 aromatic rings. The van der Waals surface area contributed by atoms with E-state index in [1.807, 2.05) is 0 Å². The van der Waals surface area contributed by atoms with Crippen LogP contribution in [0.5, 0.6) is 23.0 Å². The van der Waals surface area contributed by atoms with Crippen LogP contribution in [-0.4, -0.2) is 48.2 Å². The number of halogens is 1. The van der Waals surface area contributed by atoms with Crippen molar-refractivity contribution in [3.05, 3.63) is 40.4 Å². The van der Waals surface area contributed by atoms with Crippen LogP contribution in [0, 0.1) is 0 Å². The van der Waals surface area contributed by atoms with Crippen LogP contribution >= 0.6 is 15.9 Å². The Kier molecular flexibility index (Phi) is 6.96. The van der Waals surface area contributed by atoms with Crippen LogP contribution in [0.15, 0.2) is 39.7 Å². The molecule has 0 aliphatic rings. The van der Waals surface area contributed by atoms with Crippen molar-refractivity contribution in [2.45, 2.75) is 11.4 Å². The minimum atomic E-state index is -3.80. The van der Waals surface area contributed by atoms with E-state index < -0.39 is 10.0 Å². The molecule has 0 heterocycles. The van der Waals surface area contributed by atoms with Gasteiger partial charge in [0, 0.05) is 35.8 Å². The lowest BCUT2D eigenvalue weighted by molar-refractivity contribution is 0.353. The summed E-state index contributed by atoms with van der Waals surface area (Å²) in [7, 11) is 3.72. The first-order chi connectivity index (χ1) is 12.8. The van der Waals surface area contributed by atoms with Crippen molar-refractivity contribution in [2.24, 2.45) is 0 Å². The second-order valence-corrected chi connectivity index (χ2v) is 8.44. The zero-order chi connectivity index (χ0) is 20.2. The molecule has 2 aromatic carbocycles. The SMILES string of the molecule is COc1ccc(CN(C)S(=O)(=O)c2cc(OC)c(OC)cc2Br)c(OC)c1. The minimum Gasteiger partial charge on any atom is -0.497 e. The van der Waals surface area contributed by atoms with E-state index in [1.165, 1.54) is 38.7 Å². The van der Waals surface area contributed by atoms with Crippen LogP contribution in [0.1, 0.15) is 5.56 Å². The molecule has 9 heteroatoms. The Labute approximate surface area is 168 Å².